The van der Waals surface area contributed by atoms with Crippen molar-refractivity contribution in [2.45, 2.75) is 36.5 Å². The molecule has 2 aromatic rings. The Morgan fingerprint density at radius 2 is 1.40 bits per heavy atom. The summed E-state index contributed by atoms with van der Waals surface area (Å²) in [5, 5.41) is 0. The van der Waals surface area contributed by atoms with Gasteiger partial charge in [-0.1, -0.05) is 49.9 Å². The van der Waals surface area contributed by atoms with Crippen molar-refractivity contribution in [3.05, 3.63) is 48.5 Å². The van der Waals surface area contributed by atoms with E-state index in [4.69, 9.17) is 0 Å². The average molecular weight is 356 g/mol. The van der Waals surface area contributed by atoms with Crippen LogP contribution in [0.4, 0.5) is 11.4 Å². The molecule has 0 saturated carbocycles. The number of benzene rings is 2. The molecule has 132 valence electrons. The van der Waals surface area contributed by atoms with Crippen molar-refractivity contribution in [3.63, 3.8) is 0 Å². The molecule has 25 heavy (non-hydrogen) atoms. The summed E-state index contributed by atoms with van der Waals surface area (Å²) in [5.74, 6) is 0.185. The lowest BCUT2D eigenvalue weighted by Crippen LogP contribution is -2.51. The van der Waals surface area contributed by atoms with Gasteiger partial charge >= 0.3 is 0 Å². The van der Waals surface area contributed by atoms with Gasteiger partial charge < -0.3 is 4.48 Å². The Morgan fingerprint density at radius 1 is 0.920 bits per heavy atom. The monoisotopic (exact) mass is 355 g/mol. The van der Waals surface area contributed by atoms with E-state index in [0.717, 1.165) is 51.6 Å². The molecule has 0 bridgehead atoms. The largest absolute Gasteiger partial charge is 0.318 e. The molecule has 0 aromatic heterocycles. The Bertz CT molecular complexity index is 708. The van der Waals surface area contributed by atoms with Gasteiger partial charge in [0.25, 0.3) is 5.91 Å². The number of likely N-dealkylation sites (N-methyl/N-ethyl adjacent to an activating group) is 1. The van der Waals surface area contributed by atoms with Gasteiger partial charge in [-0.25, -0.2) is 0 Å². The molecular weight excluding hydrogens is 328 g/mol. The van der Waals surface area contributed by atoms with Crippen LogP contribution >= 0.6 is 11.8 Å². The molecule has 0 atom stereocenters. The number of rotatable bonds is 6. The SMILES string of the molecule is CCC[N+](C)(CCC)CC(=O)N1c2ccccc2Sc2ccccc21. The van der Waals surface area contributed by atoms with Gasteiger partial charge in [-0.15, -0.1) is 0 Å². The van der Waals surface area contributed by atoms with Crippen LogP contribution in [0.15, 0.2) is 58.3 Å². The van der Waals surface area contributed by atoms with Crippen LogP contribution in [0.2, 0.25) is 0 Å². The average Bonchev–Trinajstić information content (AvgIpc) is 2.59. The van der Waals surface area contributed by atoms with E-state index in [1.807, 2.05) is 29.2 Å². The molecule has 0 saturated heterocycles. The first-order valence-electron chi connectivity index (χ1n) is 9.10. The minimum absolute atomic E-state index is 0.185. The molecule has 1 heterocycles. The molecular formula is C21H27N2OS+. The number of nitrogens with zero attached hydrogens (tertiary/aromatic N) is 2. The smallest absolute Gasteiger partial charge is 0.286 e. The van der Waals surface area contributed by atoms with Crippen LogP contribution in [0, 0.1) is 0 Å². The first-order chi connectivity index (χ1) is 12.1. The van der Waals surface area contributed by atoms with Crippen molar-refractivity contribution in [2.75, 3.05) is 31.6 Å². The Hall–Kier alpha value is -1.78. The molecule has 0 spiro atoms. The van der Waals surface area contributed by atoms with Crippen molar-refractivity contribution in [1.82, 2.24) is 0 Å². The molecule has 1 aliphatic heterocycles. The lowest BCUT2D eigenvalue weighted by Gasteiger charge is -2.37. The van der Waals surface area contributed by atoms with Gasteiger partial charge in [-0.2, -0.15) is 0 Å². The lowest BCUT2D eigenvalue weighted by atomic mass is 10.2. The molecule has 0 N–H and O–H groups in total. The molecule has 3 nitrogen and oxygen atoms in total. The Balaban J connectivity index is 1.97. The summed E-state index contributed by atoms with van der Waals surface area (Å²) in [7, 11) is 2.21. The summed E-state index contributed by atoms with van der Waals surface area (Å²) in [6.07, 6.45) is 2.18. The first kappa shape index (κ1) is 18.0. The van der Waals surface area contributed by atoms with E-state index in [1.54, 1.807) is 11.8 Å². The van der Waals surface area contributed by atoms with Crippen LogP contribution in [-0.2, 0) is 4.79 Å². The third kappa shape index (κ3) is 3.75. The predicted octanol–water partition coefficient (Wildman–Crippen LogP) is 5.08. The Kier molecular flexibility index (Phi) is 5.50. The van der Waals surface area contributed by atoms with Crippen LogP contribution in [0.25, 0.3) is 0 Å². The van der Waals surface area contributed by atoms with Gasteiger partial charge in [0.2, 0.25) is 0 Å². The maximum Gasteiger partial charge on any atom is 0.286 e. The van der Waals surface area contributed by atoms with E-state index < -0.39 is 0 Å². The lowest BCUT2D eigenvalue weighted by molar-refractivity contribution is -0.901. The maximum absolute atomic E-state index is 13.4. The minimum Gasteiger partial charge on any atom is -0.318 e. The van der Waals surface area contributed by atoms with Crippen molar-refractivity contribution >= 4 is 29.0 Å². The fraction of sp³-hybridized carbons (Fsp3) is 0.381. The van der Waals surface area contributed by atoms with Crippen LogP contribution in [0.5, 0.6) is 0 Å². The summed E-state index contributed by atoms with van der Waals surface area (Å²) in [5.41, 5.74) is 2.02. The minimum atomic E-state index is 0.185. The summed E-state index contributed by atoms with van der Waals surface area (Å²) in [6, 6.07) is 16.4. The Labute approximate surface area is 155 Å². The molecule has 0 radical (unpaired) electrons. The van der Waals surface area contributed by atoms with Crippen molar-refractivity contribution in [1.29, 1.82) is 0 Å². The fourth-order valence-electron chi connectivity index (χ4n) is 3.72. The van der Waals surface area contributed by atoms with Crippen molar-refractivity contribution in [2.24, 2.45) is 0 Å². The molecule has 0 aliphatic carbocycles. The van der Waals surface area contributed by atoms with Gasteiger partial charge in [-0.05, 0) is 37.1 Å². The van der Waals surface area contributed by atoms with Gasteiger partial charge in [0.05, 0.1) is 31.5 Å². The topological polar surface area (TPSA) is 20.3 Å². The second-order valence-electron chi connectivity index (χ2n) is 6.99. The highest BCUT2D eigenvalue weighted by atomic mass is 32.2. The van der Waals surface area contributed by atoms with Gasteiger partial charge in [-0.3, -0.25) is 9.69 Å². The van der Waals surface area contributed by atoms with E-state index in [9.17, 15) is 4.79 Å². The molecule has 0 fully saturated rings. The van der Waals surface area contributed by atoms with Crippen LogP contribution in [-0.4, -0.2) is 37.1 Å². The van der Waals surface area contributed by atoms with Crippen LogP contribution in [0.3, 0.4) is 0 Å². The third-order valence-electron chi connectivity index (χ3n) is 4.73. The number of para-hydroxylation sites is 2. The highest BCUT2D eigenvalue weighted by Gasteiger charge is 2.32. The van der Waals surface area contributed by atoms with Crippen LogP contribution < -0.4 is 4.90 Å². The number of anilines is 2. The fourth-order valence-corrected chi connectivity index (χ4v) is 4.78. The molecule has 1 aliphatic rings. The quantitative estimate of drug-likeness (QED) is 0.673. The first-order valence-corrected chi connectivity index (χ1v) is 9.92. The third-order valence-corrected chi connectivity index (χ3v) is 5.86. The Morgan fingerprint density at radius 3 is 1.88 bits per heavy atom. The molecule has 1 amide bonds. The van der Waals surface area contributed by atoms with E-state index in [-0.39, 0.29) is 5.91 Å². The molecule has 2 aromatic carbocycles. The van der Waals surface area contributed by atoms with E-state index in [2.05, 4.69) is 45.2 Å². The second kappa shape index (κ2) is 7.63. The van der Waals surface area contributed by atoms with Crippen LogP contribution in [0.1, 0.15) is 26.7 Å². The highest BCUT2D eigenvalue weighted by Crippen LogP contribution is 2.47. The maximum atomic E-state index is 13.4. The second-order valence-corrected chi connectivity index (χ2v) is 8.08. The zero-order chi connectivity index (χ0) is 17.9. The van der Waals surface area contributed by atoms with Gasteiger partial charge in [0.1, 0.15) is 0 Å². The summed E-state index contributed by atoms with van der Waals surface area (Å²) in [4.78, 5) is 17.6. The normalized spacial score (nSPS) is 13.3. The van der Waals surface area contributed by atoms with Crippen molar-refractivity contribution in [3.8, 4) is 0 Å². The summed E-state index contributed by atoms with van der Waals surface area (Å²) >= 11 is 1.74. The van der Waals surface area contributed by atoms with E-state index >= 15 is 0 Å². The molecule has 3 rings (SSSR count). The summed E-state index contributed by atoms with van der Waals surface area (Å²) < 4.78 is 0.805. The number of amides is 1. The zero-order valence-corrected chi connectivity index (χ0v) is 16.2. The van der Waals surface area contributed by atoms with E-state index in [1.165, 1.54) is 0 Å². The molecule has 4 heteroatoms. The standard InChI is InChI=1S/C21H27N2OS/c1-4-14-23(3,15-5-2)16-21(24)22-17-10-6-8-12-19(17)25-20-13-9-7-11-18(20)22/h6-13H,4-5,14-16H2,1-3H3/q+1. The molecule has 0 unspecified atom stereocenters. The highest BCUT2D eigenvalue weighted by molar-refractivity contribution is 7.99. The van der Waals surface area contributed by atoms with E-state index in [0.29, 0.717) is 6.54 Å². The zero-order valence-electron chi connectivity index (χ0n) is 15.4. The number of hydrogen-bond donors (Lipinski definition) is 0. The number of hydrogen-bond acceptors (Lipinski definition) is 2. The summed E-state index contributed by atoms with van der Waals surface area (Å²) in [6.45, 7) is 6.99. The number of carbonyl (C=O) groups is 1. The van der Waals surface area contributed by atoms with Gasteiger partial charge in [0.15, 0.2) is 6.54 Å². The van der Waals surface area contributed by atoms with Crippen molar-refractivity contribution < 1.29 is 9.28 Å². The predicted molar refractivity (Wildman–Crippen MR) is 106 cm³/mol. The van der Waals surface area contributed by atoms with Gasteiger partial charge in [0, 0.05) is 9.79 Å². The number of carbonyl (C=O) groups excluding carboxylic acids is 1. The number of fused-ring (bicyclic) bond motifs is 2. The number of quaternary nitrogens is 1.